The Morgan fingerprint density at radius 3 is 2.94 bits per heavy atom. The standard InChI is InChI=1S/C22H22ClFN4O3/c23-17-2-1-3-20(10-17)31-15-21-14-27(8-9-30-21)22(29)26-19-11-25-28(13-19)12-16-4-6-18(24)7-5-16/h1-7,10-11,13,21H,8-9,12,14-15H2,(H,26,29). The van der Waals surface area contributed by atoms with E-state index in [0.717, 1.165) is 5.56 Å². The Kier molecular flexibility index (Phi) is 6.69. The van der Waals surface area contributed by atoms with Crippen LogP contribution in [0.15, 0.2) is 60.9 Å². The molecule has 0 saturated carbocycles. The molecule has 0 bridgehead atoms. The topological polar surface area (TPSA) is 68.6 Å². The molecule has 1 fully saturated rings. The van der Waals surface area contributed by atoms with Crippen molar-refractivity contribution < 1.29 is 18.7 Å². The first-order valence-corrected chi connectivity index (χ1v) is 10.3. The van der Waals surface area contributed by atoms with Crippen molar-refractivity contribution in [2.24, 2.45) is 0 Å². The number of benzene rings is 2. The van der Waals surface area contributed by atoms with E-state index in [1.165, 1.54) is 12.1 Å². The van der Waals surface area contributed by atoms with Gasteiger partial charge in [-0.05, 0) is 35.9 Å². The van der Waals surface area contributed by atoms with E-state index in [4.69, 9.17) is 21.1 Å². The summed E-state index contributed by atoms with van der Waals surface area (Å²) in [5.74, 6) is 0.380. The predicted molar refractivity (Wildman–Crippen MR) is 115 cm³/mol. The van der Waals surface area contributed by atoms with Crippen LogP contribution in [0.4, 0.5) is 14.9 Å². The molecule has 0 aliphatic carbocycles. The molecule has 2 amide bonds. The van der Waals surface area contributed by atoms with E-state index in [1.807, 2.05) is 12.1 Å². The molecule has 3 aromatic rings. The number of urea groups is 1. The summed E-state index contributed by atoms with van der Waals surface area (Å²) in [4.78, 5) is 14.3. The lowest BCUT2D eigenvalue weighted by molar-refractivity contribution is -0.0336. The van der Waals surface area contributed by atoms with Crippen LogP contribution in [0.1, 0.15) is 5.56 Å². The van der Waals surface area contributed by atoms with E-state index in [0.29, 0.717) is 49.3 Å². The van der Waals surface area contributed by atoms with Gasteiger partial charge in [0.1, 0.15) is 24.3 Å². The van der Waals surface area contributed by atoms with Crippen LogP contribution in [0.5, 0.6) is 5.75 Å². The number of aromatic nitrogens is 2. The van der Waals surface area contributed by atoms with Crippen molar-refractivity contribution in [1.29, 1.82) is 0 Å². The van der Waals surface area contributed by atoms with Gasteiger partial charge in [-0.15, -0.1) is 0 Å². The van der Waals surface area contributed by atoms with Gasteiger partial charge >= 0.3 is 6.03 Å². The van der Waals surface area contributed by atoms with Crippen molar-refractivity contribution in [3.63, 3.8) is 0 Å². The molecule has 1 aliphatic heterocycles. The first kappa shape index (κ1) is 21.1. The third-order valence-electron chi connectivity index (χ3n) is 4.80. The monoisotopic (exact) mass is 444 g/mol. The predicted octanol–water partition coefficient (Wildman–Crippen LogP) is 4.04. The molecule has 1 aliphatic rings. The number of rotatable bonds is 6. The minimum Gasteiger partial charge on any atom is -0.491 e. The van der Waals surface area contributed by atoms with Crippen molar-refractivity contribution in [2.45, 2.75) is 12.6 Å². The highest BCUT2D eigenvalue weighted by molar-refractivity contribution is 6.30. The summed E-state index contributed by atoms with van der Waals surface area (Å²) in [5.41, 5.74) is 1.50. The Morgan fingerprint density at radius 2 is 2.13 bits per heavy atom. The summed E-state index contributed by atoms with van der Waals surface area (Å²) in [6.45, 7) is 2.14. The number of carbonyl (C=O) groups is 1. The maximum absolute atomic E-state index is 13.0. The number of hydrogen-bond acceptors (Lipinski definition) is 4. The normalized spacial score (nSPS) is 16.2. The quantitative estimate of drug-likeness (QED) is 0.623. The summed E-state index contributed by atoms with van der Waals surface area (Å²) in [7, 11) is 0. The van der Waals surface area contributed by atoms with Crippen molar-refractivity contribution in [1.82, 2.24) is 14.7 Å². The number of hydrogen-bond donors (Lipinski definition) is 1. The second kappa shape index (κ2) is 9.80. The molecule has 2 heterocycles. The van der Waals surface area contributed by atoms with Crippen LogP contribution >= 0.6 is 11.6 Å². The molecule has 1 saturated heterocycles. The molecule has 2 aromatic carbocycles. The molecule has 1 atom stereocenters. The van der Waals surface area contributed by atoms with Crippen LogP contribution < -0.4 is 10.1 Å². The average Bonchev–Trinajstić information content (AvgIpc) is 3.21. The first-order chi connectivity index (χ1) is 15.0. The van der Waals surface area contributed by atoms with Gasteiger partial charge in [0.15, 0.2) is 0 Å². The number of halogens is 2. The maximum atomic E-state index is 13.0. The highest BCUT2D eigenvalue weighted by Crippen LogP contribution is 2.18. The number of carbonyl (C=O) groups excluding carboxylic acids is 1. The van der Waals surface area contributed by atoms with Crippen molar-refractivity contribution in [3.8, 4) is 5.75 Å². The highest BCUT2D eigenvalue weighted by Gasteiger charge is 2.25. The van der Waals surface area contributed by atoms with Crippen molar-refractivity contribution in [3.05, 3.63) is 77.3 Å². The van der Waals surface area contributed by atoms with E-state index < -0.39 is 0 Å². The van der Waals surface area contributed by atoms with Gasteiger partial charge in [-0.25, -0.2) is 9.18 Å². The van der Waals surface area contributed by atoms with Gasteiger partial charge in [0.2, 0.25) is 0 Å². The number of amides is 2. The Morgan fingerprint density at radius 1 is 1.29 bits per heavy atom. The van der Waals surface area contributed by atoms with Crippen molar-refractivity contribution >= 4 is 23.3 Å². The zero-order valence-electron chi connectivity index (χ0n) is 16.7. The van der Waals surface area contributed by atoms with E-state index in [9.17, 15) is 9.18 Å². The Hall–Kier alpha value is -3.10. The Bertz CT molecular complexity index is 1030. The van der Waals surface area contributed by atoms with Gasteiger partial charge in [-0.2, -0.15) is 5.10 Å². The second-order valence-corrected chi connectivity index (χ2v) is 7.63. The fourth-order valence-electron chi connectivity index (χ4n) is 3.24. The highest BCUT2D eigenvalue weighted by atomic mass is 35.5. The van der Waals surface area contributed by atoms with Gasteiger partial charge in [0.25, 0.3) is 0 Å². The van der Waals surface area contributed by atoms with Gasteiger partial charge in [-0.3, -0.25) is 4.68 Å². The lowest BCUT2D eigenvalue weighted by atomic mass is 10.2. The SMILES string of the molecule is O=C(Nc1cnn(Cc2ccc(F)cc2)c1)N1CCOC(COc2cccc(Cl)c2)C1. The lowest BCUT2D eigenvalue weighted by Crippen LogP contribution is -2.49. The summed E-state index contributed by atoms with van der Waals surface area (Å²) < 4.78 is 26.2. The Labute approximate surface area is 184 Å². The molecule has 0 spiro atoms. The minimum atomic E-state index is -0.279. The smallest absolute Gasteiger partial charge is 0.322 e. The van der Waals surface area contributed by atoms with Gasteiger partial charge < -0.3 is 19.7 Å². The fourth-order valence-corrected chi connectivity index (χ4v) is 3.42. The van der Waals surface area contributed by atoms with Crippen LogP contribution in [0.25, 0.3) is 0 Å². The van der Waals surface area contributed by atoms with E-state index >= 15 is 0 Å². The molecule has 4 rings (SSSR count). The van der Waals surface area contributed by atoms with E-state index in [1.54, 1.807) is 46.2 Å². The lowest BCUT2D eigenvalue weighted by Gasteiger charge is -2.32. The third-order valence-corrected chi connectivity index (χ3v) is 5.04. The molecule has 0 radical (unpaired) electrons. The molecule has 1 aromatic heterocycles. The van der Waals surface area contributed by atoms with Crippen LogP contribution in [0.3, 0.4) is 0 Å². The zero-order chi connectivity index (χ0) is 21.6. The summed E-state index contributed by atoms with van der Waals surface area (Å²) in [6.07, 6.45) is 3.09. The molecule has 31 heavy (non-hydrogen) atoms. The molecule has 1 N–H and O–H groups in total. The fraction of sp³-hybridized carbons (Fsp3) is 0.273. The van der Waals surface area contributed by atoms with Crippen LogP contribution in [0.2, 0.25) is 5.02 Å². The second-order valence-electron chi connectivity index (χ2n) is 7.19. The van der Waals surface area contributed by atoms with Gasteiger partial charge in [0, 0.05) is 17.8 Å². The average molecular weight is 445 g/mol. The Balaban J connectivity index is 1.28. The number of nitrogens with one attached hydrogen (secondary N) is 1. The molecule has 9 heteroatoms. The minimum absolute atomic E-state index is 0.225. The number of ether oxygens (including phenoxy) is 2. The van der Waals surface area contributed by atoms with Gasteiger partial charge in [0.05, 0.1) is 31.6 Å². The van der Waals surface area contributed by atoms with E-state index in [-0.39, 0.29) is 18.0 Å². The van der Waals surface area contributed by atoms with Crippen molar-refractivity contribution in [2.75, 3.05) is 31.6 Å². The first-order valence-electron chi connectivity index (χ1n) is 9.88. The number of nitrogens with zero attached hydrogens (tertiary/aromatic N) is 3. The van der Waals surface area contributed by atoms with Crippen LogP contribution in [0, 0.1) is 5.82 Å². The molecular formula is C22H22ClFN4O3. The van der Waals surface area contributed by atoms with Gasteiger partial charge in [-0.1, -0.05) is 29.8 Å². The van der Waals surface area contributed by atoms with Crippen LogP contribution in [-0.4, -0.2) is 53.1 Å². The third kappa shape index (κ3) is 5.96. The molecular weight excluding hydrogens is 423 g/mol. The number of anilines is 1. The maximum Gasteiger partial charge on any atom is 0.322 e. The van der Waals surface area contributed by atoms with Crippen LogP contribution in [-0.2, 0) is 11.3 Å². The summed E-state index contributed by atoms with van der Waals surface area (Å²) >= 11 is 5.97. The summed E-state index contributed by atoms with van der Waals surface area (Å²) in [5, 5.41) is 7.71. The largest absolute Gasteiger partial charge is 0.491 e. The summed E-state index contributed by atoms with van der Waals surface area (Å²) in [6, 6.07) is 13.1. The molecule has 1 unspecified atom stereocenters. The molecule has 162 valence electrons. The zero-order valence-corrected chi connectivity index (χ0v) is 17.5. The van der Waals surface area contributed by atoms with E-state index in [2.05, 4.69) is 10.4 Å². The molecule has 7 nitrogen and oxygen atoms in total. The number of morpholine rings is 1.